The van der Waals surface area contributed by atoms with Gasteiger partial charge in [-0.25, -0.2) is 0 Å². The minimum Gasteiger partial charge on any atom is -0.481 e. The van der Waals surface area contributed by atoms with E-state index >= 15 is 0 Å². The van der Waals surface area contributed by atoms with E-state index in [0.717, 1.165) is 0 Å². The summed E-state index contributed by atoms with van der Waals surface area (Å²) < 4.78 is 9.51. The van der Waals surface area contributed by atoms with Crippen molar-refractivity contribution in [3.05, 3.63) is 25.7 Å². The molecule has 0 aromatic rings. The Hall–Kier alpha value is -3.12. The van der Waals surface area contributed by atoms with Crippen LogP contribution in [0.25, 0.3) is 0 Å². The van der Waals surface area contributed by atoms with Gasteiger partial charge in [0.15, 0.2) is 0 Å². The summed E-state index contributed by atoms with van der Waals surface area (Å²) in [5, 5.41) is 15.4. The highest BCUT2D eigenvalue weighted by atomic mass is 17.2. The van der Waals surface area contributed by atoms with Crippen LogP contribution in [0.3, 0.4) is 0 Å². The van der Waals surface area contributed by atoms with Gasteiger partial charge in [-0.3, -0.25) is 29.0 Å². The Kier molecular flexibility index (Phi) is 31.6. The maximum absolute atomic E-state index is 10.8. The van der Waals surface area contributed by atoms with Crippen molar-refractivity contribution in [3.8, 4) is 0 Å². The number of hydrogen-bond donors (Lipinski definition) is 2. The number of carboxylic acids is 2. The third kappa shape index (κ3) is 41.3. The van der Waals surface area contributed by atoms with Crippen molar-refractivity contribution < 1.29 is 58.4 Å². The van der Waals surface area contributed by atoms with Crippen molar-refractivity contribution in [3.63, 3.8) is 0 Å². The van der Waals surface area contributed by atoms with Crippen LogP contribution in [0, 0.1) is 0 Å². The molecular formula is C20H36O12. The molecule has 0 aliphatic heterocycles. The Labute approximate surface area is 188 Å². The first-order valence-corrected chi connectivity index (χ1v) is 9.63. The van der Waals surface area contributed by atoms with Crippen LogP contribution in [0.15, 0.2) is 25.7 Å². The molecule has 0 aliphatic rings. The quantitative estimate of drug-likeness (QED) is 0.107. The predicted octanol–water partition coefficient (Wildman–Crippen LogP) is 3.72. The van der Waals surface area contributed by atoms with E-state index in [-0.39, 0.29) is 25.7 Å². The third-order valence-electron chi connectivity index (χ3n) is 2.30. The lowest BCUT2D eigenvalue weighted by Gasteiger charge is -2.16. The fourth-order valence-electron chi connectivity index (χ4n) is 0.811. The molecule has 0 bridgehead atoms. The summed E-state index contributed by atoms with van der Waals surface area (Å²) >= 11 is 0. The minimum atomic E-state index is -0.838. The molecule has 0 radical (unpaired) electrons. The van der Waals surface area contributed by atoms with E-state index in [1.165, 1.54) is 26.4 Å². The monoisotopic (exact) mass is 468 g/mol. The van der Waals surface area contributed by atoms with Gasteiger partial charge in [-0.15, -0.1) is 0 Å². The first-order chi connectivity index (χ1) is 14.9. The van der Waals surface area contributed by atoms with Gasteiger partial charge >= 0.3 is 23.9 Å². The molecule has 0 rings (SSSR count). The average molecular weight is 468 g/mol. The van der Waals surface area contributed by atoms with Crippen LogP contribution in [0.2, 0.25) is 0 Å². The number of carbonyl (C=O) groups is 4. The molecular weight excluding hydrogens is 432 g/mol. The van der Waals surface area contributed by atoms with Crippen molar-refractivity contribution in [1.29, 1.82) is 0 Å². The second kappa shape index (κ2) is 27.9. The number of rotatable bonds is 12. The maximum atomic E-state index is 10.8. The van der Waals surface area contributed by atoms with Gasteiger partial charge in [0.05, 0.1) is 0 Å². The minimum absolute atomic E-state index is 0.222. The summed E-state index contributed by atoms with van der Waals surface area (Å²) in [4.78, 5) is 58.1. The number of carboxylic acid groups (broad SMARTS) is 2. The van der Waals surface area contributed by atoms with Crippen molar-refractivity contribution in [2.75, 3.05) is 0 Å². The summed E-state index contributed by atoms with van der Waals surface area (Å²) in [6.45, 7) is 15.9. The molecule has 0 fully saturated rings. The van der Waals surface area contributed by atoms with E-state index in [4.69, 9.17) is 29.5 Å². The van der Waals surface area contributed by atoms with Crippen LogP contribution in [0.4, 0.5) is 0 Å². The molecule has 32 heavy (non-hydrogen) atoms. The van der Waals surface area contributed by atoms with E-state index in [1.807, 2.05) is 0 Å². The van der Waals surface area contributed by atoms with Gasteiger partial charge in [-0.2, -0.15) is 9.78 Å². The van der Waals surface area contributed by atoms with Gasteiger partial charge in [0.2, 0.25) is 12.6 Å². The molecule has 0 aromatic carbocycles. The fraction of sp³-hybridized carbons (Fsp3) is 0.600. The van der Waals surface area contributed by atoms with Crippen molar-refractivity contribution in [2.45, 2.75) is 79.8 Å². The largest absolute Gasteiger partial charge is 0.481 e. The number of ether oxygens (including phenoxy) is 2. The Morgan fingerprint density at radius 3 is 1.09 bits per heavy atom. The van der Waals surface area contributed by atoms with Crippen LogP contribution in [0.1, 0.15) is 67.2 Å². The zero-order valence-corrected chi connectivity index (χ0v) is 19.5. The van der Waals surface area contributed by atoms with Crippen molar-refractivity contribution >= 4 is 23.9 Å². The first-order valence-electron chi connectivity index (χ1n) is 9.63. The standard InChI is InChI=1S/C10H18O6.C4H6O2.2C3H6O2/c1-5-9(11)13-7(3)15-16-8(4)14-10(12)6-2;1-3-5-6-4-2;2*1-2-3(4)5/h7-8H,5-6H2,1-4H3;3-4H,1-2H2;2*2H2,1H3,(H,4,5). The van der Waals surface area contributed by atoms with E-state index < -0.39 is 36.5 Å². The molecule has 0 saturated carbocycles. The SMILES string of the molecule is C=COOC=C.CCC(=O)O.CCC(=O)O.CCC(=O)OC(C)OOC(C)OC(=O)CC. The highest BCUT2D eigenvalue weighted by molar-refractivity contribution is 5.69. The number of aliphatic carboxylic acids is 2. The lowest BCUT2D eigenvalue weighted by atomic mass is 10.5. The number of carbonyl (C=O) groups excluding carboxylic acids is 2. The summed E-state index contributed by atoms with van der Waals surface area (Å²) in [5.41, 5.74) is 0. The topological polar surface area (TPSA) is 164 Å². The Morgan fingerprint density at radius 1 is 0.688 bits per heavy atom. The molecule has 0 spiro atoms. The van der Waals surface area contributed by atoms with Crippen LogP contribution in [-0.4, -0.2) is 46.7 Å². The Balaban J connectivity index is -0.000000200. The van der Waals surface area contributed by atoms with E-state index in [2.05, 4.69) is 22.9 Å². The molecule has 0 aromatic heterocycles. The summed E-state index contributed by atoms with van der Waals surface area (Å²) in [6, 6.07) is 0. The van der Waals surface area contributed by atoms with Gasteiger partial charge < -0.3 is 19.7 Å². The molecule has 188 valence electrons. The second-order valence-corrected chi connectivity index (χ2v) is 5.03. The van der Waals surface area contributed by atoms with Gasteiger partial charge in [-0.05, 0) is 0 Å². The molecule has 12 heteroatoms. The molecule has 0 aliphatic carbocycles. The van der Waals surface area contributed by atoms with Crippen molar-refractivity contribution in [2.24, 2.45) is 0 Å². The number of esters is 2. The predicted molar refractivity (Wildman–Crippen MR) is 112 cm³/mol. The van der Waals surface area contributed by atoms with E-state index in [9.17, 15) is 19.2 Å². The highest BCUT2D eigenvalue weighted by Crippen LogP contribution is 2.02. The molecule has 12 nitrogen and oxygen atoms in total. The van der Waals surface area contributed by atoms with Crippen molar-refractivity contribution in [1.82, 2.24) is 0 Å². The molecule has 0 heterocycles. The zero-order chi connectivity index (χ0) is 25.9. The fourth-order valence-corrected chi connectivity index (χ4v) is 0.811. The van der Waals surface area contributed by atoms with E-state index in [1.54, 1.807) is 27.7 Å². The summed E-state index contributed by atoms with van der Waals surface area (Å²) in [5.74, 6) is -2.28. The van der Waals surface area contributed by atoms with Gasteiger partial charge in [0.25, 0.3) is 0 Å². The normalized spacial score (nSPS) is 10.4. The molecule has 2 unspecified atom stereocenters. The van der Waals surface area contributed by atoms with Crippen LogP contribution < -0.4 is 0 Å². The number of hydrogen-bond acceptors (Lipinski definition) is 10. The Morgan fingerprint density at radius 2 is 0.938 bits per heavy atom. The van der Waals surface area contributed by atoms with Gasteiger partial charge in [-0.1, -0.05) is 40.9 Å². The summed E-state index contributed by atoms with van der Waals surface area (Å²) in [7, 11) is 0. The second-order valence-electron chi connectivity index (χ2n) is 5.03. The molecule has 2 N–H and O–H groups in total. The van der Waals surface area contributed by atoms with Crippen LogP contribution in [0.5, 0.6) is 0 Å². The molecule has 2 atom stereocenters. The first kappa shape index (κ1) is 36.3. The third-order valence-corrected chi connectivity index (χ3v) is 2.30. The Bertz CT molecular complexity index is 473. The highest BCUT2D eigenvalue weighted by Gasteiger charge is 2.13. The van der Waals surface area contributed by atoms with Crippen LogP contribution in [-0.2, 0) is 48.2 Å². The lowest BCUT2D eigenvalue weighted by molar-refractivity contribution is -0.415. The lowest BCUT2D eigenvalue weighted by Crippen LogP contribution is -2.23. The van der Waals surface area contributed by atoms with Gasteiger partial charge in [0, 0.05) is 39.5 Å². The molecule has 0 amide bonds. The van der Waals surface area contributed by atoms with Gasteiger partial charge in [0.1, 0.15) is 12.5 Å². The zero-order valence-electron chi connectivity index (χ0n) is 19.5. The van der Waals surface area contributed by atoms with E-state index in [0.29, 0.717) is 0 Å². The van der Waals surface area contributed by atoms with Crippen LogP contribution >= 0.6 is 0 Å². The smallest absolute Gasteiger partial charge is 0.307 e. The maximum Gasteiger partial charge on any atom is 0.307 e. The molecule has 0 saturated heterocycles. The average Bonchev–Trinajstić information content (AvgIpc) is 2.77. The summed E-state index contributed by atoms with van der Waals surface area (Å²) in [6.07, 6.45) is 1.62.